The van der Waals surface area contributed by atoms with Crippen molar-refractivity contribution in [2.45, 2.75) is 25.9 Å². The highest BCUT2D eigenvalue weighted by atomic mass is 35.5. The standard InChI is InChI=1S/C13H17ClF3N/c1-9(2)8-18(3)11-5-4-10(7-14)12(6-11)13(15,16)17/h4-6,9H,7-8H2,1-3H3. The van der Waals surface area contributed by atoms with Crippen LogP contribution in [0.15, 0.2) is 18.2 Å². The molecule has 0 N–H and O–H groups in total. The quantitative estimate of drug-likeness (QED) is 0.732. The van der Waals surface area contributed by atoms with Crippen molar-refractivity contribution in [1.29, 1.82) is 0 Å². The molecule has 0 unspecified atom stereocenters. The van der Waals surface area contributed by atoms with Crippen LogP contribution in [0.25, 0.3) is 0 Å². The van der Waals surface area contributed by atoms with Crippen molar-refractivity contribution < 1.29 is 13.2 Å². The lowest BCUT2D eigenvalue weighted by Gasteiger charge is -2.23. The van der Waals surface area contributed by atoms with E-state index < -0.39 is 11.7 Å². The number of nitrogens with zero attached hydrogens (tertiary/aromatic N) is 1. The highest BCUT2D eigenvalue weighted by molar-refractivity contribution is 6.17. The van der Waals surface area contributed by atoms with Gasteiger partial charge >= 0.3 is 6.18 Å². The van der Waals surface area contributed by atoms with Gasteiger partial charge in [-0.15, -0.1) is 11.6 Å². The molecule has 102 valence electrons. The fourth-order valence-corrected chi connectivity index (χ4v) is 2.07. The zero-order valence-corrected chi connectivity index (χ0v) is 11.4. The first-order chi connectivity index (χ1) is 8.25. The maximum absolute atomic E-state index is 12.9. The Morgan fingerprint density at radius 2 is 1.89 bits per heavy atom. The van der Waals surface area contributed by atoms with E-state index in [1.807, 2.05) is 18.7 Å². The molecule has 0 spiro atoms. The summed E-state index contributed by atoms with van der Waals surface area (Å²) in [6, 6.07) is 4.29. The molecule has 1 aromatic carbocycles. The molecule has 0 saturated heterocycles. The Morgan fingerprint density at radius 1 is 1.28 bits per heavy atom. The molecular formula is C13H17ClF3N. The van der Waals surface area contributed by atoms with Gasteiger partial charge in [0.2, 0.25) is 0 Å². The predicted octanol–water partition coefficient (Wildman–Crippen LogP) is 4.54. The van der Waals surface area contributed by atoms with Gasteiger partial charge in [0.15, 0.2) is 0 Å². The van der Waals surface area contributed by atoms with Crippen molar-refractivity contribution >= 4 is 17.3 Å². The fourth-order valence-electron chi connectivity index (χ4n) is 1.84. The molecule has 18 heavy (non-hydrogen) atoms. The minimum Gasteiger partial charge on any atom is -0.374 e. The molecule has 0 atom stereocenters. The van der Waals surface area contributed by atoms with E-state index in [0.717, 1.165) is 0 Å². The lowest BCUT2D eigenvalue weighted by atomic mass is 10.1. The number of anilines is 1. The number of benzene rings is 1. The van der Waals surface area contributed by atoms with Crippen LogP contribution in [0.1, 0.15) is 25.0 Å². The topological polar surface area (TPSA) is 3.24 Å². The van der Waals surface area contributed by atoms with Crippen LogP contribution in [0.2, 0.25) is 0 Å². The monoisotopic (exact) mass is 279 g/mol. The number of hydrogen-bond donors (Lipinski definition) is 0. The molecule has 0 radical (unpaired) electrons. The Hall–Kier alpha value is -0.900. The van der Waals surface area contributed by atoms with Gasteiger partial charge in [0.05, 0.1) is 5.56 Å². The van der Waals surface area contributed by atoms with Crippen molar-refractivity contribution in [3.8, 4) is 0 Å². The highest BCUT2D eigenvalue weighted by Gasteiger charge is 2.33. The lowest BCUT2D eigenvalue weighted by Crippen LogP contribution is -2.23. The van der Waals surface area contributed by atoms with Gasteiger partial charge in [-0.2, -0.15) is 13.2 Å². The molecular weight excluding hydrogens is 263 g/mol. The van der Waals surface area contributed by atoms with E-state index >= 15 is 0 Å². The van der Waals surface area contributed by atoms with Gasteiger partial charge in [-0.05, 0) is 23.6 Å². The van der Waals surface area contributed by atoms with Crippen molar-refractivity contribution in [3.63, 3.8) is 0 Å². The zero-order chi connectivity index (χ0) is 13.9. The van der Waals surface area contributed by atoms with Crippen LogP contribution >= 0.6 is 11.6 Å². The molecule has 5 heteroatoms. The number of hydrogen-bond acceptors (Lipinski definition) is 1. The van der Waals surface area contributed by atoms with Crippen molar-refractivity contribution in [3.05, 3.63) is 29.3 Å². The second kappa shape index (κ2) is 5.83. The molecule has 0 heterocycles. The third-order valence-corrected chi connectivity index (χ3v) is 2.91. The second-order valence-electron chi connectivity index (χ2n) is 4.75. The summed E-state index contributed by atoms with van der Waals surface area (Å²) in [5, 5.41) is 0. The third-order valence-electron chi connectivity index (χ3n) is 2.62. The van der Waals surface area contributed by atoms with Crippen LogP contribution in [-0.2, 0) is 12.1 Å². The minimum absolute atomic E-state index is 0.117. The van der Waals surface area contributed by atoms with Gasteiger partial charge in [0, 0.05) is 25.2 Å². The van der Waals surface area contributed by atoms with Crippen LogP contribution in [-0.4, -0.2) is 13.6 Å². The molecule has 0 aliphatic carbocycles. The Morgan fingerprint density at radius 3 is 2.33 bits per heavy atom. The number of halogens is 4. The van der Waals surface area contributed by atoms with E-state index in [1.165, 1.54) is 12.1 Å². The van der Waals surface area contributed by atoms with Crippen LogP contribution in [0, 0.1) is 5.92 Å². The molecule has 1 rings (SSSR count). The third kappa shape index (κ3) is 3.80. The average Bonchev–Trinajstić information content (AvgIpc) is 2.26. The molecule has 0 amide bonds. The summed E-state index contributed by atoms with van der Waals surface area (Å²) < 4.78 is 38.6. The minimum atomic E-state index is -4.36. The van der Waals surface area contributed by atoms with Crippen LogP contribution in [0.5, 0.6) is 0 Å². The van der Waals surface area contributed by atoms with E-state index in [2.05, 4.69) is 0 Å². The van der Waals surface area contributed by atoms with Gasteiger partial charge in [0.1, 0.15) is 0 Å². The first-order valence-electron chi connectivity index (χ1n) is 5.73. The summed E-state index contributed by atoms with van der Waals surface area (Å²) in [7, 11) is 1.79. The molecule has 0 fully saturated rings. The van der Waals surface area contributed by atoms with Crippen molar-refractivity contribution in [1.82, 2.24) is 0 Å². The Labute approximate surface area is 111 Å². The zero-order valence-electron chi connectivity index (χ0n) is 10.7. The summed E-state index contributed by atoms with van der Waals surface area (Å²) in [5.74, 6) is 0.250. The Kier molecular flexibility index (Phi) is 4.91. The van der Waals surface area contributed by atoms with E-state index in [0.29, 0.717) is 18.2 Å². The molecule has 0 saturated carbocycles. The van der Waals surface area contributed by atoms with E-state index in [9.17, 15) is 13.2 Å². The largest absolute Gasteiger partial charge is 0.416 e. The molecule has 0 bridgehead atoms. The van der Waals surface area contributed by atoms with E-state index in [-0.39, 0.29) is 11.4 Å². The van der Waals surface area contributed by atoms with Crippen LogP contribution in [0.3, 0.4) is 0 Å². The summed E-state index contributed by atoms with van der Waals surface area (Å²) >= 11 is 5.54. The maximum Gasteiger partial charge on any atom is 0.416 e. The van der Waals surface area contributed by atoms with Gasteiger partial charge < -0.3 is 4.90 Å². The molecule has 1 aromatic rings. The smallest absolute Gasteiger partial charge is 0.374 e. The normalized spacial score (nSPS) is 12.0. The van der Waals surface area contributed by atoms with Crippen molar-refractivity contribution in [2.24, 2.45) is 5.92 Å². The first-order valence-corrected chi connectivity index (χ1v) is 6.26. The summed E-state index contributed by atoms with van der Waals surface area (Å²) in [5.41, 5.74) is 0.0290. The van der Waals surface area contributed by atoms with E-state index in [1.54, 1.807) is 13.1 Å². The number of rotatable bonds is 4. The van der Waals surface area contributed by atoms with Crippen LogP contribution < -0.4 is 4.90 Å². The molecule has 0 aliphatic heterocycles. The first kappa shape index (κ1) is 15.2. The average molecular weight is 280 g/mol. The van der Waals surface area contributed by atoms with Gasteiger partial charge in [-0.25, -0.2) is 0 Å². The predicted molar refractivity (Wildman–Crippen MR) is 69.1 cm³/mol. The number of alkyl halides is 4. The second-order valence-corrected chi connectivity index (χ2v) is 5.01. The van der Waals surface area contributed by atoms with Crippen molar-refractivity contribution in [2.75, 3.05) is 18.5 Å². The SMILES string of the molecule is CC(C)CN(C)c1ccc(CCl)c(C(F)(F)F)c1. The van der Waals surface area contributed by atoms with Crippen LogP contribution in [0.4, 0.5) is 18.9 Å². The molecule has 1 nitrogen and oxygen atoms in total. The van der Waals surface area contributed by atoms with E-state index in [4.69, 9.17) is 11.6 Å². The Balaban J connectivity index is 3.10. The van der Waals surface area contributed by atoms with Gasteiger partial charge in [-0.3, -0.25) is 0 Å². The van der Waals surface area contributed by atoms with Gasteiger partial charge in [0.25, 0.3) is 0 Å². The lowest BCUT2D eigenvalue weighted by molar-refractivity contribution is -0.138. The molecule has 0 aromatic heterocycles. The fraction of sp³-hybridized carbons (Fsp3) is 0.538. The summed E-state index contributed by atoms with van der Waals surface area (Å²) in [4.78, 5) is 1.82. The molecule has 0 aliphatic rings. The summed E-state index contributed by atoms with van der Waals surface area (Å²) in [6.45, 7) is 4.75. The summed E-state index contributed by atoms with van der Waals surface area (Å²) in [6.07, 6.45) is -4.36. The van der Waals surface area contributed by atoms with Gasteiger partial charge in [-0.1, -0.05) is 19.9 Å². The highest BCUT2D eigenvalue weighted by Crippen LogP contribution is 2.35. The maximum atomic E-state index is 12.9. The Bertz CT molecular complexity index is 402.